The molecular weight excluding hydrogens is 534 g/mol. The number of rotatable bonds is 10. The third kappa shape index (κ3) is 4.91. The van der Waals surface area contributed by atoms with Crippen LogP contribution in [-0.4, -0.2) is 56.9 Å². The molecule has 0 radical (unpaired) electrons. The minimum atomic E-state index is -0.669. The van der Waals surface area contributed by atoms with E-state index in [2.05, 4.69) is 17.6 Å². The third-order valence-corrected chi connectivity index (χ3v) is 11.3. The summed E-state index contributed by atoms with van der Waals surface area (Å²) in [6, 6.07) is 23.0. The summed E-state index contributed by atoms with van der Waals surface area (Å²) >= 11 is 1.69. The van der Waals surface area contributed by atoms with Crippen molar-refractivity contribution >= 4 is 45.9 Å². The number of nitrogens with zero attached hydrogens (tertiary/aromatic N) is 1. The molecule has 3 saturated heterocycles. The first-order valence-electron chi connectivity index (χ1n) is 14.6. The summed E-state index contributed by atoms with van der Waals surface area (Å²) in [6.07, 6.45) is 2.92. The molecule has 3 amide bonds. The van der Waals surface area contributed by atoms with Crippen molar-refractivity contribution in [2.75, 3.05) is 18.5 Å². The van der Waals surface area contributed by atoms with Crippen LogP contribution in [0.1, 0.15) is 38.2 Å². The quantitative estimate of drug-likeness (QED) is 0.309. The van der Waals surface area contributed by atoms with E-state index in [4.69, 9.17) is 0 Å². The van der Waals surface area contributed by atoms with E-state index in [0.717, 1.165) is 29.2 Å². The molecule has 214 valence electrons. The summed E-state index contributed by atoms with van der Waals surface area (Å²) in [7, 11) is 0. The molecule has 3 aliphatic heterocycles. The number of benzene rings is 3. The van der Waals surface area contributed by atoms with Gasteiger partial charge < -0.3 is 20.6 Å². The van der Waals surface area contributed by atoms with Gasteiger partial charge in [-0.3, -0.25) is 14.4 Å². The maximum Gasteiger partial charge on any atom is 0.248 e. The number of likely N-dealkylation sites (tertiary alicyclic amines) is 1. The molecule has 3 unspecified atom stereocenters. The van der Waals surface area contributed by atoms with E-state index in [1.165, 1.54) is 0 Å². The van der Waals surface area contributed by atoms with Gasteiger partial charge in [-0.05, 0) is 60.1 Å². The Morgan fingerprint density at radius 2 is 1.73 bits per heavy atom. The number of fused-ring (bicyclic) bond motifs is 2. The van der Waals surface area contributed by atoms with Gasteiger partial charge in [-0.15, -0.1) is 11.8 Å². The molecule has 3 aromatic rings. The largest absolute Gasteiger partial charge is 0.396 e. The summed E-state index contributed by atoms with van der Waals surface area (Å²) < 4.78 is -0.658. The van der Waals surface area contributed by atoms with Gasteiger partial charge in [0.05, 0.1) is 16.6 Å². The molecule has 3 aliphatic rings. The number of amides is 3. The van der Waals surface area contributed by atoms with Gasteiger partial charge in [-0.25, -0.2) is 0 Å². The standard InChI is InChI=1S/C33H37N3O4S/c1-21-18-26-27(30(38)34-20-22-10-4-2-5-11-22)28-32(40)36(16-8-3-9-17-37)29(33(21,28)41-26)31(39)35-25-15-14-23-12-6-7-13-24(23)19-25/h2,4-7,10-15,19,21,26-29,37H,3,8-9,16-18,20H2,1H3,(H,34,38)(H,35,39)/t21?,26-,27+,28+,29?,33?/m1/s1. The fraction of sp³-hybridized carbons (Fsp3) is 0.424. The average molecular weight is 572 g/mol. The van der Waals surface area contributed by atoms with Crippen LogP contribution >= 0.6 is 11.8 Å². The molecule has 6 atom stereocenters. The van der Waals surface area contributed by atoms with Crippen LogP contribution in [0.5, 0.6) is 0 Å². The number of hydrogen-bond donors (Lipinski definition) is 3. The predicted octanol–water partition coefficient (Wildman–Crippen LogP) is 4.59. The lowest BCUT2D eigenvalue weighted by Crippen LogP contribution is -2.55. The van der Waals surface area contributed by atoms with Crippen LogP contribution in [0.25, 0.3) is 10.8 Å². The molecule has 1 spiro atoms. The topological polar surface area (TPSA) is 98.7 Å². The number of aliphatic hydroxyl groups is 1. The molecule has 3 fully saturated rings. The SMILES string of the molecule is CC1C[C@H]2SC13C(C(=O)Nc1ccc4ccccc4c1)N(CCCCCO)C(=O)[C@@H]3[C@H]2C(=O)NCc1ccccc1. The van der Waals surface area contributed by atoms with Crippen molar-refractivity contribution in [3.63, 3.8) is 0 Å². The number of anilines is 1. The summed E-state index contributed by atoms with van der Waals surface area (Å²) in [5.74, 6) is -1.28. The number of carbonyl (C=O) groups is 3. The van der Waals surface area contributed by atoms with E-state index < -0.39 is 22.6 Å². The number of hydrogen-bond acceptors (Lipinski definition) is 5. The van der Waals surface area contributed by atoms with Gasteiger partial charge in [-0.1, -0.05) is 67.6 Å². The van der Waals surface area contributed by atoms with Crippen molar-refractivity contribution in [1.29, 1.82) is 0 Å². The number of unbranched alkanes of at least 4 members (excludes halogenated alkanes) is 2. The average Bonchev–Trinajstić information content (AvgIpc) is 3.58. The van der Waals surface area contributed by atoms with Crippen molar-refractivity contribution in [2.45, 2.75) is 55.2 Å². The molecule has 3 N–H and O–H groups in total. The van der Waals surface area contributed by atoms with Crippen molar-refractivity contribution in [2.24, 2.45) is 17.8 Å². The molecular formula is C33H37N3O4S. The van der Waals surface area contributed by atoms with E-state index in [0.29, 0.717) is 31.6 Å². The number of carbonyl (C=O) groups excluding carboxylic acids is 3. The molecule has 3 aromatic carbocycles. The summed E-state index contributed by atoms with van der Waals surface area (Å²) in [5.41, 5.74) is 1.71. The van der Waals surface area contributed by atoms with Crippen molar-refractivity contribution in [3.8, 4) is 0 Å². The molecule has 41 heavy (non-hydrogen) atoms. The highest BCUT2D eigenvalue weighted by Crippen LogP contribution is 2.68. The Bertz CT molecular complexity index is 1450. The Balaban J connectivity index is 1.29. The molecule has 7 nitrogen and oxygen atoms in total. The summed E-state index contributed by atoms with van der Waals surface area (Å²) in [4.78, 5) is 43.8. The highest BCUT2D eigenvalue weighted by Gasteiger charge is 2.75. The molecule has 8 heteroatoms. The minimum absolute atomic E-state index is 0.00207. The molecule has 0 aliphatic carbocycles. The Hall–Kier alpha value is -3.36. The van der Waals surface area contributed by atoms with E-state index in [9.17, 15) is 19.5 Å². The zero-order valence-corrected chi connectivity index (χ0v) is 24.1. The molecule has 2 bridgehead atoms. The molecule has 0 saturated carbocycles. The van der Waals surface area contributed by atoms with Gasteiger partial charge in [-0.2, -0.15) is 0 Å². The molecule has 3 heterocycles. The number of nitrogens with one attached hydrogen (secondary N) is 2. The van der Waals surface area contributed by atoms with E-state index >= 15 is 0 Å². The Labute approximate surface area is 245 Å². The normalized spacial score (nSPS) is 28.2. The summed E-state index contributed by atoms with van der Waals surface area (Å²) in [6.45, 7) is 3.08. The van der Waals surface area contributed by atoms with Gasteiger partial charge in [0.2, 0.25) is 17.7 Å². The third-order valence-electron chi connectivity index (χ3n) is 9.18. The van der Waals surface area contributed by atoms with Gasteiger partial charge in [0, 0.05) is 30.6 Å². The van der Waals surface area contributed by atoms with E-state index in [1.54, 1.807) is 16.7 Å². The number of thioether (sulfide) groups is 1. The highest BCUT2D eigenvalue weighted by molar-refractivity contribution is 8.02. The molecule has 0 aromatic heterocycles. The van der Waals surface area contributed by atoms with Gasteiger partial charge >= 0.3 is 0 Å². The predicted molar refractivity (Wildman–Crippen MR) is 162 cm³/mol. The first-order chi connectivity index (χ1) is 19.9. The zero-order valence-electron chi connectivity index (χ0n) is 23.3. The Morgan fingerprint density at radius 1 is 0.976 bits per heavy atom. The van der Waals surface area contributed by atoms with E-state index in [-0.39, 0.29) is 35.5 Å². The van der Waals surface area contributed by atoms with Crippen LogP contribution in [-0.2, 0) is 20.9 Å². The van der Waals surface area contributed by atoms with Crippen molar-refractivity contribution in [3.05, 3.63) is 78.4 Å². The van der Waals surface area contributed by atoms with Crippen LogP contribution in [0, 0.1) is 17.8 Å². The van der Waals surface area contributed by atoms with Crippen molar-refractivity contribution < 1.29 is 19.5 Å². The second-order valence-corrected chi connectivity index (χ2v) is 13.2. The summed E-state index contributed by atoms with van der Waals surface area (Å²) in [5, 5.41) is 17.6. The van der Waals surface area contributed by atoms with Crippen LogP contribution < -0.4 is 10.6 Å². The lowest BCUT2D eigenvalue weighted by atomic mass is 9.66. The Morgan fingerprint density at radius 3 is 2.51 bits per heavy atom. The highest BCUT2D eigenvalue weighted by atomic mass is 32.2. The van der Waals surface area contributed by atoms with Crippen LogP contribution in [0.2, 0.25) is 0 Å². The fourth-order valence-electron chi connectivity index (χ4n) is 7.31. The first kappa shape index (κ1) is 27.8. The smallest absolute Gasteiger partial charge is 0.248 e. The maximum atomic E-state index is 14.2. The van der Waals surface area contributed by atoms with Crippen LogP contribution in [0.15, 0.2) is 72.8 Å². The van der Waals surface area contributed by atoms with Gasteiger partial charge in [0.25, 0.3) is 0 Å². The second kappa shape index (κ2) is 11.5. The van der Waals surface area contributed by atoms with Crippen LogP contribution in [0.3, 0.4) is 0 Å². The first-order valence-corrected chi connectivity index (χ1v) is 15.5. The second-order valence-electron chi connectivity index (χ2n) is 11.6. The monoisotopic (exact) mass is 571 g/mol. The van der Waals surface area contributed by atoms with E-state index in [1.807, 2.05) is 72.8 Å². The Kier molecular flexibility index (Phi) is 7.79. The zero-order chi connectivity index (χ0) is 28.6. The van der Waals surface area contributed by atoms with Gasteiger partial charge in [0.1, 0.15) is 6.04 Å². The van der Waals surface area contributed by atoms with Gasteiger partial charge in [0.15, 0.2) is 0 Å². The maximum absolute atomic E-state index is 14.2. The van der Waals surface area contributed by atoms with Crippen LogP contribution in [0.4, 0.5) is 5.69 Å². The lowest BCUT2D eigenvalue weighted by molar-refractivity contribution is -0.139. The van der Waals surface area contributed by atoms with Crippen molar-refractivity contribution in [1.82, 2.24) is 10.2 Å². The minimum Gasteiger partial charge on any atom is -0.396 e. The molecule has 6 rings (SSSR count). The lowest BCUT2D eigenvalue weighted by Gasteiger charge is -2.38. The fourth-order valence-corrected chi connectivity index (χ4v) is 9.73. The number of aliphatic hydroxyl groups excluding tert-OH is 1.